The highest BCUT2D eigenvalue weighted by atomic mass is 16.5. The molecule has 1 aliphatic rings. The molecule has 0 atom stereocenters. The maximum Gasteiger partial charge on any atom is 0.338 e. The van der Waals surface area contributed by atoms with E-state index in [0.29, 0.717) is 16.7 Å². The maximum atomic E-state index is 12.3. The summed E-state index contributed by atoms with van der Waals surface area (Å²) < 4.78 is 10.8. The van der Waals surface area contributed by atoms with Crippen molar-refractivity contribution in [1.29, 1.82) is 0 Å². The van der Waals surface area contributed by atoms with Gasteiger partial charge < -0.3 is 9.15 Å². The molecule has 0 aliphatic heterocycles. The highest BCUT2D eigenvalue weighted by Gasteiger charge is 2.16. The first kappa shape index (κ1) is 16.6. The highest BCUT2D eigenvalue weighted by molar-refractivity contribution is 5.89. The van der Waals surface area contributed by atoms with Gasteiger partial charge in [0.1, 0.15) is 12.2 Å². The van der Waals surface area contributed by atoms with Crippen LogP contribution in [0.5, 0.6) is 0 Å². The molecule has 1 aromatic heterocycles. The zero-order chi connectivity index (χ0) is 18.1. The molecule has 0 amide bonds. The summed E-state index contributed by atoms with van der Waals surface area (Å²) in [4.78, 5) is 24.2. The Bertz CT molecular complexity index is 1030. The molecule has 1 aliphatic carbocycles. The lowest BCUT2D eigenvalue weighted by atomic mass is 10.0. The van der Waals surface area contributed by atoms with Gasteiger partial charge in [0.05, 0.1) is 5.56 Å². The molecule has 0 spiro atoms. The minimum absolute atomic E-state index is 0.0508. The Labute approximate surface area is 151 Å². The van der Waals surface area contributed by atoms with Gasteiger partial charge in [0.25, 0.3) is 0 Å². The Hall–Kier alpha value is -2.88. The minimum atomic E-state index is -0.422. The average Bonchev–Trinajstić information content (AvgIpc) is 3.11. The highest BCUT2D eigenvalue weighted by Crippen LogP contribution is 2.28. The Balaban J connectivity index is 1.60. The summed E-state index contributed by atoms with van der Waals surface area (Å²) >= 11 is 0. The number of hydrogen-bond donors (Lipinski definition) is 0. The van der Waals surface area contributed by atoms with E-state index in [0.717, 1.165) is 31.1 Å². The van der Waals surface area contributed by atoms with E-state index in [1.807, 2.05) is 18.2 Å². The van der Waals surface area contributed by atoms with Gasteiger partial charge in [-0.05, 0) is 66.6 Å². The van der Waals surface area contributed by atoms with Crippen LogP contribution in [-0.4, -0.2) is 5.97 Å². The van der Waals surface area contributed by atoms with Gasteiger partial charge in [-0.1, -0.05) is 19.1 Å². The lowest BCUT2D eigenvalue weighted by molar-refractivity contribution is 0.0474. The van der Waals surface area contributed by atoms with Crippen LogP contribution in [0.25, 0.3) is 11.0 Å². The lowest BCUT2D eigenvalue weighted by Crippen LogP contribution is -2.08. The van der Waals surface area contributed by atoms with Crippen LogP contribution in [-0.2, 0) is 30.6 Å². The van der Waals surface area contributed by atoms with Crippen molar-refractivity contribution in [2.24, 2.45) is 0 Å². The normalized spacial score (nSPS) is 13.0. The monoisotopic (exact) mass is 348 g/mol. The third-order valence-electron chi connectivity index (χ3n) is 5.00. The first-order chi connectivity index (χ1) is 12.6. The van der Waals surface area contributed by atoms with Gasteiger partial charge in [0, 0.05) is 17.0 Å². The number of ether oxygens (including phenoxy) is 1. The van der Waals surface area contributed by atoms with Gasteiger partial charge in [-0.25, -0.2) is 9.59 Å². The van der Waals surface area contributed by atoms with Crippen LogP contribution in [0.2, 0.25) is 0 Å². The molecule has 0 saturated heterocycles. The summed E-state index contributed by atoms with van der Waals surface area (Å²) in [5, 5.41) is 0.847. The zero-order valence-electron chi connectivity index (χ0n) is 14.7. The van der Waals surface area contributed by atoms with Crippen molar-refractivity contribution < 1.29 is 13.9 Å². The van der Waals surface area contributed by atoms with Gasteiger partial charge in [-0.2, -0.15) is 0 Å². The van der Waals surface area contributed by atoms with E-state index in [1.54, 1.807) is 12.1 Å². The number of carbonyl (C=O) groups excluding carboxylic acids is 1. The van der Waals surface area contributed by atoms with E-state index < -0.39 is 11.6 Å². The summed E-state index contributed by atoms with van der Waals surface area (Å²) in [6.45, 7) is 2.12. The molecule has 26 heavy (non-hydrogen) atoms. The van der Waals surface area contributed by atoms with Gasteiger partial charge in [0.15, 0.2) is 0 Å². The van der Waals surface area contributed by atoms with Crippen LogP contribution in [0.15, 0.2) is 51.7 Å². The van der Waals surface area contributed by atoms with Gasteiger partial charge >= 0.3 is 11.6 Å². The second kappa shape index (κ2) is 6.79. The average molecular weight is 348 g/mol. The van der Waals surface area contributed by atoms with Gasteiger partial charge in [-0.15, -0.1) is 0 Å². The molecule has 4 rings (SSSR count). The quantitative estimate of drug-likeness (QED) is 0.524. The van der Waals surface area contributed by atoms with Crippen LogP contribution in [0, 0.1) is 0 Å². The van der Waals surface area contributed by atoms with E-state index in [-0.39, 0.29) is 6.61 Å². The van der Waals surface area contributed by atoms with Crippen molar-refractivity contribution >= 4 is 16.9 Å². The smallest absolute Gasteiger partial charge is 0.338 e. The van der Waals surface area contributed by atoms with Crippen molar-refractivity contribution in [3.63, 3.8) is 0 Å². The molecule has 0 radical (unpaired) electrons. The van der Waals surface area contributed by atoms with Crippen molar-refractivity contribution in [2.45, 2.75) is 39.2 Å². The minimum Gasteiger partial charge on any atom is -0.457 e. The van der Waals surface area contributed by atoms with E-state index in [9.17, 15) is 9.59 Å². The Morgan fingerprint density at radius 2 is 1.81 bits per heavy atom. The number of rotatable bonds is 4. The summed E-state index contributed by atoms with van der Waals surface area (Å²) in [6, 6.07) is 12.8. The number of esters is 1. The van der Waals surface area contributed by atoms with Crippen molar-refractivity contribution in [3.05, 3.63) is 80.7 Å². The standard InChI is InChI=1S/C22H20O4/c1-2-14-6-8-15(9-7-14)22(24)25-13-18-12-21(23)26-20-11-17-5-3-4-16(17)10-19(18)20/h6-12H,2-5,13H2,1H3. The molecular weight excluding hydrogens is 328 g/mol. The molecule has 0 unspecified atom stereocenters. The predicted octanol–water partition coefficient (Wildman–Crippen LogP) is 4.20. The van der Waals surface area contributed by atoms with Gasteiger partial charge in [-0.3, -0.25) is 0 Å². The molecule has 0 fully saturated rings. The van der Waals surface area contributed by atoms with Crippen LogP contribution in [0.3, 0.4) is 0 Å². The number of aryl methyl sites for hydroxylation is 3. The Morgan fingerprint density at radius 1 is 1.08 bits per heavy atom. The number of fused-ring (bicyclic) bond motifs is 2. The molecule has 0 saturated carbocycles. The van der Waals surface area contributed by atoms with E-state index in [2.05, 4.69) is 13.0 Å². The fraction of sp³-hybridized carbons (Fsp3) is 0.273. The largest absolute Gasteiger partial charge is 0.457 e. The SMILES string of the molecule is CCc1ccc(C(=O)OCc2cc(=O)oc3cc4c(cc23)CCC4)cc1. The van der Waals surface area contributed by atoms with Crippen molar-refractivity contribution in [3.8, 4) is 0 Å². The third kappa shape index (κ3) is 3.15. The molecular formula is C22H20O4. The molecule has 132 valence electrons. The molecule has 4 heteroatoms. The van der Waals surface area contributed by atoms with Crippen molar-refractivity contribution in [1.82, 2.24) is 0 Å². The second-order valence-electron chi connectivity index (χ2n) is 6.69. The van der Waals surface area contributed by atoms with Gasteiger partial charge in [0.2, 0.25) is 0 Å². The topological polar surface area (TPSA) is 56.5 Å². The van der Waals surface area contributed by atoms with E-state index in [1.165, 1.54) is 22.8 Å². The van der Waals surface area contributed by atoms with Crippen LogP contribution in [0.4, 0.5) is 0 Å². The first-order valence-electron chi connectivity index (χ1n) is 8.98. The van der Waals surface area contributed by atoms with Crippen molar-refractivity contribution in [2.75, 3.05) is 0 Å². The van der Waals surface area contributed by atoms with Crippen LogP contribution < -0.4 is 5.63 Å². The summed E-state index contributed by atoms with van der Waals surface area (Å²) in [5.74, 6) is -0.393. The predicted molar refractivity (Wildman–Crippen MR) is 99.4 cm³/mol. The zero-order valence-corrected chi connectivity index (χ0v) is 14.7. The maximum absolute atomic E-state index is 12.3. The number of carbonyl (C=O) groups is 1. The fourth-order valence-corrected chi connectivity index (χ4v) is 3.52. The number of benzene rings is 2. The molecule has 0 bridgehead atoms. The summed E-state index contributed by atoms with van der Waals surface area (Å²) in [7, 11) is 0. The molecule has 3 aromatic rings. The second-order valence-corrected chi connectivity index (χ2v) is 6.69. The summed E-state index contributed by atoms with van der Waals surface area (Å²) in [5.41, 5.74) is 5.03. The first-order valence-corrected chi connectivity index (χ1v) is 8.98. The summed E-state index contributed by atoms with van der Waals surface area (Å²) in [6.07, 6.45) is 4.09. The molecule has 4 nitrogen and oxygen atoms in total. The fourth-order valence-electron chi connectivity index (χ4n) is 3.52. The Morgan fingerprint density at radius 3 is 2.54 bits per heavy atom. The molecule has 2 aromatic carbocycles. The van der Waals surface area contributed by atoms with E-state index >= 15 is 0 Å². The van der Waals surface area contributed by atoms with Crippen LogP contribution >= 0.6 is 0 Å². The molecule has 1 heterocycles. The number of hydrogen-bond acceptors (Lipinski definition) is 4. The third-order valence-corrected chi connectivity index (χ3v) is 5.00. The Kier molecular flexibility index (Phi) is 4.33. The molecule has 0 N–H and O–H groups in total. The lowest BCUT2D eigenvalue weighted by Gasteiger charge is -2.09. The van der Waals surface area contributed by atoms with E-state index in [4.69, 9.17) is 9.15 Å². The van der Waals surface area contributed by atoms with Crippen LogP contribution in [0.1, 0.15) is 46.0 Å².